The van der Waals surface area contributed by atoms with Gasteiger partial charge in [-0.1, -0.05) is 72.8 Å². The van der Waals surface area contributed by atoms with Gasteiger partial charge in [0.25, 0.3) is 0 Å². The minimum atomic E-state index is 1.04. The Balaban J connectivity index is 1.16. The summed E-state index contributed by atoms with van der Waals surface area (Å²) in [5.41, 5.74) is 18.3. The SMILES string of the molecule is C1=CC2=C(C=C(N(c3ccccc3)c3cccc(-c4cccc5c4c4c(n5C5=CC=C(C6=CCCCC6)CC5)C=CCC4)c3)CC2)CC1. The molecule has 4 aromatic rings. The molecule has 2 heteroatoms. The van der Waals surface area contributed by atoms with Crippen LogP contribution in [0.4, 0.5) is 11.4 Å². The molecule has 5 aliphatic carbocycles. The third kappa shape index (κ3) is 5.28. The number of anilines is 2. The van der Waals surface area contributed by atoms with E-state index in [0.29, 0.717) is 0 Å². The highest BCUT2D eigenvalue weighted by Gasteiger charge is 2.25. The molecule has 0 saturated carbocycles. The molecule has 48 heavy (non-hydrogen) atoms. The Morgan fingerprint density at radius 2 is 1.48 bits per heavy atom. The van der Waals surface area contributed by atoms with Crippen molar-refractivity contribution in [3.8, 4) is 11.1 Å². The third-order valence-electron chi connectivity index (χ3n) is 11.1. The Labute approximate surface area is 285 Å². The first-order valence-electron chi connectivity index (χ1n) is 18.3. The van der Waals surface area contributed by atoms with Crippen LogP contribution in [0.2, 0.25) is 0 Å². The highest BCUT2D eigenvalue weighted by Crippen LogP contribution is 2.44. The lowest BCUT2D eigenvalue weighted by molar-refractivity contribution is 0.698. The maximum Gasteiger partial charge on any atom is 0.0540 e. The Morgan fingerprint density at radius 3 is 2.35 bits per heavy atom. The standard InChI is InChI=1S/C46H44N2/c1-3-13-33(14-4-1)35-25-28-39(29-26-35)48-44-23-10-9-21-43(44)46-42(22-12-24-45(46)48)37-17-11-20-40(32-37)47(38-18-5-2-6-19-38)41-30-27-34-15-7-8-16-36(34)31-41/h2,5-7,10-13,15,17-20,22-25,28,31-32H,1,3-4,8-9,14,16,21,26-27,29-30H2. The molecule has 0 N–H and O–H groups in total. The Bertz CT molecular complexity index is 2120. The first kappa shape index (κ1) is 29.3. The van der Waals surface area contributed by atoms with Gasteiger partial charge < -0.3 is 9.47 Å². The lowest BCUT2D eigenvalue weighted by Gasteiger charge is -2.32. The maximum absolute atomic E-state index is 2.59. The number of hydrogen-bond donors (Lipinski definition) is 0. The average Bonchev–Trinajstić information content (AvgIpc) is 3.50. The maximum atomic E-state index is 2.59. The number of rotatable bonds is 6. The summed E-state index contributed by atoms with van der Waals surface area (Å²) in [6.07, 6.45) is 33.3. The van der Waals surface area contributed by atoms with Gasteiger partial charge in [0.15, 0.2) is 0 Å². The highest BCUT2D eigenvalue weighted by molar-refractivity contribution is 6.03. The Kier molecular flexibility index (Phi) is 7.73. The summed E-state index contributed by atoms with van der Waals surface area (Å²) in [6.45, 7) is 0. The molecule has 3 aromatic carbocycles. The fourth-order valence-electron chi connectivity index (χ4n) is 8.77. The van der Waals surface area contributed by atoms with Crippen molar-refractivity contribution in [1.29, 1.82) is 0 Å². The smallest absolute Gasteiger partial charge is 0.0540 e. The lowest BCUT2D eigenvalue weighted by Crippen LogP contribution is -2.19. The van der Waals surface area contributed by atoms with Gasteiger partial charge >= 0.3 is 0 Å². The van der Waals surface area contributed by atoms with Gasteiger partial charge in [0.1, 0.15) is 0 Å². The minimum Gasteiger partial charge on any atom is -0.314 e. The summed E-state index contributed by atoms with van der Waals surface area (Å²) in [5.74, 6) is 0. The largest absolute Gasteiger partial charge is 0.314 e. The van der Waals surface area contributed by atoms with E-state index in [1.165, 1.54) is 92.9 Å². The summed E-state index contributed by atoms with van der Waals surface area (Å²) in [6, 6.07) is 27.2. The molecule has 9 rings (SSSR count). The Hall–Kier alpha value is -4.82. The van der Waals surface area contributed by atoms with E-state index >= 15 is 0 Å². The number of aromatic nitrogens is 1. The molecule has 0 saturated heterocycles. The topological polar surface area (TPSA) is 8.17 Å². The van der Waals surface area contributed by atoms with E-state index in [2.05, 4.69) is 131 Å². The van der Waals surface area contributed by atoms with Gasteiger partial charge in [0.05, 0.1) is 5.52 Å². The van der Waals surface area contributed by atoms with Crippen LogP contribution in [0.1, 0.15) is 81.9 Å². The van der Waals surface area contributed by atoms with Crippen molar-refractivity contribution in [2.45, 2.75) is 77.0 Å². The van der Waals surface area contributed by atoms with Gasteiger partial charge in [-0.25, -0.2) is 0 Å². The summed E-state index contributed by atoms with van der Waals surface area (Å²) in [4.78, 5) is 2.51. The lowest BCUT2D eigenvalue weighted by atomic mass is 9.88. The molecule has 1 heterocycles. The minimum absolute atomic E-state index is 1.04. The van der Waals surface area contributed by atoms with Gasteiger partial charge in [-0.15, -0.1) is 0 Å². The summed E-state index contributed by atoms with van der Waals surface area (Å²) in [7, 11) is 0. The third-order valence-corrected chi connectivity index (χ3v) is 11.1. The zero-order valence-electron chi connectivity index (χ0n) is 27.9. The zero-order valence-corrected chi connectivity index (χ0v) is 27.9. The van der Waals surface area contributed by atoms with Crippen LogP contribution in [0.3, 0.4) is 0 Å². The molecule has 0 unspecified atom stereocenters. The molecule has 238 valence electrons. The number of aryl methyl sites for hydroxylation is 1. The van der Waals surface area contributed by atoms with Crippen molar-refractivity contribution in [3.05, 3.63) is 155 Å². The van der Waals surface area contributed by atoms with Gasteiger partial charge in [0.2, 0.25) is 0 Å². The van der Waals surface area contributed by atoms with Crippen molar-refractivity contribution in [3.63, 3.8) is 0 Å². The predicted molar refractivity (Wildman–Crippen MR) is 204 cm³/mol. The van der Waals surface area contributed by atoms with Crippen LogP contribution >= 0.6 is 0 Å². The summed E-state index contributed by atoms with van der Waals surface area (Å²) < 4.78 is 2.59. The molecule has 2 nitrogen and oxygen atoms in total. The molecular weight excluding hydrogens is 581 g/mol. The second kappa shape index (κ2) is 12.7. The van der Waals surface area contributed by atoms with Crippen molar-refractivity contribution in [1.82, 2.24) is 4.57 Å². The molecule has 0 radical (unpaired) electrons. The normalized spacial score (nSPS) is 18.9. The van der Waals surface area contributed by atoms with Gasteiger partial charge in [-0.05, 0) is 165 Å². The summed E-state index contributed by atoms with van der Waals surface area (Å²) in [5, 5.41) is 1.42. The van der Waals surface area contributed by atoms with Crippen molar-refractivity contribution in [2.24, 2.45) is 0 Å². The van der Waals surface area contributed by atoms with E-state index in [9.17, 15) is 0 Å². The number of benzene rings is 3. The molecule has 0 spiro atoms. The van der Waals surface area contributed by atoms with Gasteiger partial charge in [-0.2, -0.15) is 0 Å². The van der Waals surface area contributed by atoms with E-state index in [-0.39, 0.29) is 0 Å². The molecule has 0 fully saturated rings. The number of allylic oxidation sites excluding steroid dienone is 13. The molecule has 0 aliphatic heterocycles. The van der Waals surface area contributed by atoms with Crippen LogP contribution in [0.25, 0.3) is 33.8 Å². The van der Waals surface area contributed by atoms with E-state index in [0.717, 1.165) is 51.4 Å². The quantitative estimate of drug-likeness (QED) is 0.207. The van der Waals surface area contributed by atoms with Crippen LogP contribution in [0, 0.1) is 0 Å². The van der Waals surface area contributed by atoms with Crippen molar-refractivity contribution >= 4 is 34.1 Å². The number of nitrogens with zero attached hydrogens (tertiary/aromatic N) is 2. The first-order chi connectivity index (χ1) is 23.8. The highest BCUT2D eigenvalue weighted by atomic mass is 15.1. The van der Waals surface area contributed by atoms with E-state index in [1.807, 2.05) is 0 Å². The molecule has 0 amide bonds. The second-order valence-electron chi connectivity index (χ2n) is 14.0. The number of fused-ring (bicyclic) bond motifs is 3. The fourth-order valence-corrected chi connectivity index (χ4v) is 8.77. The molecule has 0 atom stereocenters. The predicted octanol–water partition coefficient (Wildman–Crippen LogP) is 12.8. The number of hydrogen-bond acceptors (Lipinski definition) is 1. The van der Waals surface area contributed by atoms with Crippen LogP contribution in [0.5, 0.6) is 0 Å². The average molecular weight is 625 g/mol. The van der Waals surface area contributed by atoms with Crippen molar-refractivity contribution < 1.29 is 0 Å². The molecule has 5 aliphatic rings. The summed E-state index contributed by atoms with van der Waals surface area (Å²) >= 11 is 0. The van der Waals surface area contributed by atoms with Crippen LogP contribution in [0.15, 0.2) is 143 Å². The molecule has 1 aromatic heterocycles. The second-order valence-corrected chi connectivity index (χ2v) is 14.0. The van der Waals surface area contributed by atoms with Crippen LogP contribution in [-0.4, -0.2) is 4.57 Å². The van der Waals surface area contributed by atoms with Crippen LogP contribution in [-0.2, 0) is 6.42 Å². The van der Waals surface area contributed by atoms with E-state index < -0.39 is 0 Å². The number of para-hydroxylation sites is 1. The van der Waals surface area contributed by atoms with E-state index in [1.54, 1.807) is 11.1 Å². The molecular formula is C46H44N2. The first-order valence-corrected chi connectivity index (χ1v) is 18.3. The Morgan fingerprint density at radius 1 is 0.604 bits per heavy atom. The monoisotopic (exact) mass is 624 g/mol. The van der Waals surface area contributed by atoms with Crippen LogP contribution < -0.4 is 4.90 Å². The van der Waals surface area contributed by atoms with E-state index in [4.69, 9.17) is 0 Å². The van der Waals surface area contributed by atoms with Gasteiger partial charge in [-0.3, -0.25) is 0 Å². The zero-order chi connectivity index (χ0) is 31.9. The van der Waals surface area contributed by atoms with Gasteiger partial charge in [0, 0.05) is 33.8 Å². The molecule has 0 bridgehead atoms. The fraction of sp³-hybridized carbons (Fsp3) is 0.261. The van der Waals surface area contributed by atoms with Crippen molar-refractivity contribution in [2.75, 3.05) is 4.90 Å².